The summed E-state index contributed by atoms with van der Waals surface area (Å²) in [5, 5.41) is 3.28. The zero-order valence-corrected chi connectivity index (χ0v) is 11.5. The highest BCUT2D eigenvalue weighted by Gasteiger charge is 2.18. The van der Waals surface area contributed by atoms with Gasteiger partial charge in [0.25, 0.3) is 0 Å². The van der Waals surface area contributed by atoms with Gasteiger partial charge in [-0.1, -0.05) is 0 Å². The molecule has 1 atom stereocenters. The first-order valence-corrected chi connectivity index (χ1v) is 6.45. The van der Waals surface area contributed by atoms with Crippen molar-refractivity contribution in [1.82, 2.24) is 10.3 Å². The van der Waals surface area contributed by atoms with Crippen molar-refractivity contribution in [2.75, 3.05) is 21.3 Å². The molecule has 0 aliphatic rings. The number of methoxy groups -OCH3 is 2. The third-order valence-electron chi connectivity index (χ3n) is 2.78. The van der Waals surface area contributed by atoms with Gasteiger partial charge in [-0.25, -0.2) is 0 Å². The Morgan fingerprint density at radius 1 is 1.28 bits per heavy atom. The lowest BCUT2D eigenvalue weighted by atomic mass is 10.0. The zero-order valence-electron chi connectivity index (χ0n) is 10.6. The van der Waals surface area contributed by atoms with E-state index in [0.717, 1.165) is 21.9 Å². The molecule has 0 spiro atoms. The number of aromatic nitrogens is 1. The molecule has 0 radical (unpaired) electrons. The molecule has 1 unspecified atom stereocenters. The summed E-state index contributed by atoms with van der Waals surface area (Å²) in [6, 6.07) is 5.92. The van der Waals surface area contributed by atoms with Crippen molar-refractivity contribution < 1.29 is 9.47 Å². The lowest BCUT2D eigenvalue weighted by Gasteiger charge is -2.18. The van der Waals surface area contributed by atoms with Crippen molar-refractivity contribution in [3.63, 3.8) is 0 Å². The molecule has 0 bridgehead atoms. The van der Waals surface area contributed by atoms with E-state index in [2.05, 4.69) is 10.3 Å². The van der Waals surface area contributed by atoms with Gasteiger partial charge in [0, 0.05) is 22.7 Å². The Labute approximate surface area is 111 Å². The maximum Gasteiger partial charge on any atom is 0.127 e. The number of rotatable bonds is 5. The molecule has 96 valence electrons. The number of benzene rings is 1. The van der Waals surface area contributed by atoms with Gasteiger partial charge >= 0.3 is 0 Å². The van der Waals surface area contributed by atoms with Crippen LogP contribution in [0.25, 0.3) is 0 Å². The van der Waals surface area contributed by atoms with E-state index in [9.17, 15) is 0 Å². The molecule has 2 aromatic rings. The van der Waals surface area contributed by atoms with Crippen LogP contribution >= 0.6 is 11.3 Å². The average molecular weight is 264 g/mol. The minimum Gasteiger partial charge on any atom is -0.497 e. The van der Waals surface area contributed by atoms with Crippen LogP contribution in [0.15, 0.2) is 29.9 Å². The van der Waals surface area contributed by atoms with Crippen molar-refractivity contribution in [1.29, 1.82) is 0 Å². The first-order chi connectivity index (χ1) is 8.80. The maximum atomic E-state index is 5.43. The minimum absolute atomic E-state index is 0.0818. The molecule has 0 saturated carbocycles. The lowest BCUT2D eigenvalue weighted by molar-refractivity contribution is 0.388. The zero-order chi connectivity index (χ0) is 13.0. The van der Waals surface area contributed by atoms with E-state index in [4.69, 9.17) is 9.47 Å². The fraction of sp³-hybridized carbons (Fsp3) is 0.308. The quantitative estimate of drug-likeness (QED) is 0.901. The number of hydrogen-bond acceptors (Lipinski definition) is 5. The van der Waals surface area contributed by atoms with Gasteiger partial charge in [0.05, 0.1) is 25.8 Å². The van der Waals surface area contributed by atoms with Crippen LogP contribution in [0.4, 0.5) is 0 Å². The first kappa shape index (κ1) is 12.9. The van der Waals surface area contributed by atoms with E-state index >= 15 is 0 Å². The van der Waals surface area contributed by atoms with E-state index < -0.39 is 0 Å². The molecule has 5 heteroatoms. The molecule has 4 nitrogen and oxygen atoms in total. The second-order valence-electron chi connectivity index (χ2n) is 3.73. The summed E-state index contributed by atoms with van der Waals surface area (Å²) in [6.07, 6.45) is 1.87. The molecule has 0 saturated heterocycles. The number of ether oxygens (including phenoxy) is 2. The van der Waals surface area contributed by atoms with Gasteiger partial charge < -0.3 is 14.8 Å². The third-order valence-corrected chi connectivity index (χ3v) is 3.62. The van der Waals surface area contributed by atoms with Crippen LogP contribution < -0.4 is 14.8 Å². The summed E-state index contributed by atoms with van der Waals surface area (Å²) < 4.78 is 10.6. The van der Waals surface area contributed by atoms with Gasteiger partial charge in [-0.15, -0.1) is 11.3 Å². The highest BCUT2D eigenvalue weighted by atomic mass is 32.1. The van der Waals surface area contributed by atoms with E-state index in [1.807, 2.05) is 37.0 Å². The lowest BCUT2D eigenvalue weighted by Crippen LogP contribution is -2.17. The largest absolute Gasteiger partial charge is 0.497 e. The van der Waals surface area contributed by atoms with E-state index in [0.29, 0.717) is 0 Å². The normalized spacial score (nSPS) is 12.2. The maximum absolute atomic E-state index is 5.43. The van der Waals surface area contributed by atoms with Crippen LogP contribution in [0.2, 0.25) is 0 Å². The van der Waals surface area contributed by atoms with Crippen LogP contribution in [0.1, 0.15) is 16.5 Å². The molecular weight excluding hydrogens is 248 g/mol. The fourth-order valence-electron chi connectivity index (χ4n) is 1.88. The second kappa shape index (κ2) is 5.84. The van der Waals surface area contributed by atoms with Crippen LogP contribution in [-0.2, 0) is 0 Å². The molecule has 1 aromatic heterocycles. The molecule has 0 aliphatic heterocycles. The third kappa shape index (κ3) is 2.47. The molecule has 18 heavy (non-hydrogen) atoms. The molecule has 1 aromatic carbocycles. The number of nitrogens with one attached hydrogen (secondary N) is 1. The summed E-state index contributed by atoms with van der Waals surface area (Å²) in [7, 11) is 5.24. The smallest absolute Gasteiger partial charge is 0.127 e. The number of thiazole rings is 1. The van der Waals surface area contributed by atoms with E-state index in [-0.39, 0.29) is 6.04 Å². The second-order valence-corrected chi connectivity index (χ2v) is 4.65. The highest BCUT2D eigenvalue weighted by molar-refractivity contribution is 7.09. The van der Waals surface area contributed by atoms with Crippen molar-refractivity contribution in [2.45, 2.75) is 6.04 Å². The Morgan fingerprint density at radius 2 is 2.11 bits per heavy atom. The van der Waals surface area contributed by atoms with E-state index in [1.165, 1.54) is 0 Å². The van der Waals surface area contributed by atoms with Crippen LogP contribution in [-0.4, -0.2) is 26.3 Å². The standard InChI is InChI=1S/C13H16N2O2S/c1-14-13(12-7-15-8-18-12)10-5-4-9(16-2)6-11(10)17-3/h4-8,13-14H,1-3H3. The molecule has 2 rings (SSSR count). The molecule has 0 fully saturated rings. The Bertz CT molecular complexity index is 500. The summed E-state index contributed by atoms with van der Waals surface area (Å²) in [6.45, 7) is 0. The average Bonchev–Trinajstić information content (AvgIpc) is 2.94. The fourth-order valence-corrected chi connectivity index (χ4v) is 2.62. The molecular formula is C13H16N2O2S. The van der Waals surface area contributed by atoms with Gasteiger partial charge in [0.2, 0.25) is 0 Å². The molecule has 1 heterocycles. The molecule has 0 aliphatic carbocycles. The highest BCUT2D eigenvalue weighted by Crippen LogP contribution is 2.33. The summed E-state index contributed by atoms with van der Waals surface area (Å²) >= 11 is 1.62. The predicted molar refractivity (Wildman–Crippen MR) is 72.6 cm³/mol. The number of nitrogens with zero attached hydrogens (tertiary/aromatic N) is 1. The van der Waals surface area contributed by atoms with Crippen molar-refractivity contribution in [2.24, 2.45) is 0 Å². The van der Waals surface area contributed by atoms with Crippen molar-refractivity contribution >= 4 is 11.3 Å². The Balaban J connectivity index is 2.42. The Morgan fingerprint density at radius 3 is 2.67 bits per heavy atom. The van der Waals surface area contributed by atoms with E-state index in [1.54, 1.807) is 25.6 Å². The SMILES string of the molecule is CNC(c1cncs1)c1ccc(OC)cc1OC. The van der Waals surface area contributed by atoms with Gasteiger partial charge in [-0.3, -0.25) is 4.98 Å². The topological polar surface area (TPSA) is 43.4 Å². The van der Waals surface area contributed by atoms with Gasteiger partial charge in [-0.2, -0.15) is 0 Å². The van der Waals surface area contributed by atoms with Gasteiger partial charge in [0.1, 0.15) is 11.5 Å². The molecule has 1 N–H and O–H groups in total. The number of hydrogen-bond donors (Lipinski definition) is 1. The van der Waals surface area contributed by atoms with Crippen LogP contribution in [0.3, 0.4) is 0 Å². The van der Waals surface area contributed by atoms with Crippen molar-refractivity contribution in [3.05, 3.63) is 40.3 Å². The van der Waals surface area contributed by atoms with Gasteiger partial charge in [0.15, 0.2) is 0 Å². The summed E-state index contributed by atoms with van der Waals surface area (Å²) in [5.41, 5.74) is 2.90. The van der Waals surface area contributed by atoms with Crippen LogP contribution in [0, 0.1) is 0 Å². The van der Waals surface area contributed by atoms with Gasteiger partial charge in [-0.05, 0) is 19.2 Å². The monoisotopic (exact) mass is 264 g/mol. The minimum atomic E-state index is 0.0818. The van der Waals surface area contributed by atoms with Crippen LogP contribution in [0.5, 0.6) is 11.5 Å². The predicted octanol–water partition coefficient (Wildman–Crippen LogP) is 2.47. The first-order valence-electron chi connectivity index (χ1n) is 5.57. The Hall–Kier alpha value is -1.59. The van der Waals surface area contributed by atoms with Crippen molar-refractivity contribution in [3.8, 4) is 11.5 Å². The molecule has 0 amide bonds. The summed E-state index contributed by atoms with van der Waals surface area (Å²) in [4.78, 5) is 5.27. The Kier molecular flexibility index (Phi) is 4.17. The summed E-state index contributed by atoms with van der Waals surface area (Å²) in [5.74, 6) is 1.59.